The summed E-state index contributed by atoms with van der Waals surface area (Å²) in [5.74, 6) is 0.202. The minimum atomic E-state index is -0.00477. The predicted octanol–water partition coefficient (Wildman–Crippen LogP) is 0.878. The lowest BCUT2D eigenvalue weighted by Gasteiger charge is -2.31. The molecule has 17 heavy (non-hydrogen) atoms. The Kier molecular flexibility index (Phi) is 3.63. The lowest BCUT2D eigenvalue weighted by molar-refractivity contribution is 0.0624. The van der Waals surface area contributed by atoms with Crippen LogP contribution in [-0.2, 0) is 0 Å². The Hall–Kier alpha value is -1.14. The highest BCUT2D eigenvalue weighted by Gasteiger charge is 2.26. The molecule has 1 aromatic heterocycles. The van der Waals surface area contributed by atoms with Gasteiger partial charge in [-0.2, -0.15) is 0 Å². The minimum absolute atomic E-state index is 0.00477. The number of nitrogens with two attached hydrogens (primary N) is 1. The maximum Gasteiger partial charge on any atom is 0.265 e. The van der Waals surface area contributed by atoms with Crippen LogP contribution in [0, 0.1) is 12.8 Å². The van der Waals surface area contributed by atoms with Crippen LogP contribution in [0.1, 0.15) is 28.2 Å². The molecule has 3 N–H and O–H groups in total. The number of aliphatic hydroxyl groups is 1. The van der Waals surface area contributed by atoms with E-state index < -0.39 is 0 Å². The monoisotopic (exact) mass is 255 g/mol. The summed E-state index contributed by atoms with van der Waals surface area (Å²) in [6, 6.07) is 0. The fourth-order valence-electron chi connectivity index (χ4n) is 2.16. The lowest BCUT2D eigenvalue weighted by Crippen LogP contribution is -2.40. The molecule has 5 nitrogen and oxygen atoms in total. The predicted molar refractivity (Wildman–Crippen MR) is 67.0 cm³/mol. The molecule has 0 aromatic carbocycles. The third-order valence-electron chi connectivity index (χ3n) is 3.07. The number of rotatable bonds is 2. The van der Waals surface area contributed by atoms with Gasteiger partial charge in [0.05, 0.1) is 5.69 Å². The fraction of sp³-hybridized carbons (Fsp3) is 0.636. The van der Waals surface area contributed by atoms with Crippen molar-refractivity contribution in [1.29, 1.82) is 0 Å². The van der Waals surface area contributed by atoms with Crippen LogP contribution in [0.15, 0.2) is 0 Å². The second-order valence-corrected chi connectivity index (χ2v) is 5.44. The van der Waals surface area contributed by atoms with Gasteiger partial charge in [-0.25, -0.2) is 4.98 Å². The topological polar surface area (TPSA) is 79.5 Å². The zero-order valence-corrected chi connectivity index (χ0v) is 10.7. The fourth-order valence-corrected chi connectivity index (χ4v) is 2.96. The third-order valence-corrected chi connectivity index (χ3v) is 4.05. The number of nitrogen functional groups attached to an aromatic ring is 1. The van der Waals surface area contributed by atoms with Gasteiger partial charge in [-0.15, -0.1) is 0 Å². The van der Waals surface area contributed by atoms with E-state index in [-0.39, 0.29) is 18.4 Å². The maximum atomic E-state index is 12.3. The first-order valence-electron chi connectivity index (χ1n) is 5.75. The van der Waals surface area contributed by atoms with Gasteiger partial charge in [0, 0.05) is 19.7 Å². The molecule has 1 unspecified atom stereocenters. The highest BCUT2D eigenvalue weighted by molar-refractivity contribution is 7.17. The molecule has 0 aliphatic carbocycles. The number of aryl methyl sites for hydroxylation is 1. The number of hydrogen-bond donors (Lipinski definition) is 2. The standard InChI is InChI=1S/C11H17N3O2S/c1-7-9(17-11(12)13-7)10(16)14-4-2-3-8(5-14)6-15/h8,15H,2-6H2,1H3,(H2,12,13). The van der Waals surface area contributed by atoms with Gasteiger partial charge in [0.25, 0.3) is 5.91 Å². The molecule has 1 aliphatic heterocycles. The van der Waals surface area contributed by atoms with Gasteiger partial charge in [-0.3, -0.25) is 4.79 Å². The summed E-state index contributed by atoms with van der Waals surface area (Å²) in [6.07, 6.45) is 1.94. The van der Waals surface area contributed by atoms with Crippen molar-refractivity contribution in [2.45, 2.75) is 19.8 Å². The Labute approximate surface area is 104 Å². The largest absolute Gasteiger partial charge is 0.396 e. The summed E-state index contributed by atoms with van der Waals surface area (Å²) in [6.45, 7) is 3.33. The number of hydrogen-bond acceptors (Lipinski definition) is 5. The Morgan fingerprint density at radius 2 is 2.47 bits per heavy atom. The minimum Gasteiger partial charge on any atom is -0.396 e. The molecule has 0 radical (unpaired) electrons. The van der Waals surface area contributed by atoms with Gasteiger partial charge >= 0.3 is 0 Å². The van der Waals surface area contributed by atoms with Crippen LogP contribution in [0.5, 0.6) is 0 Å². The Morgan fingerprint density at radius 3 is 3.06 bits per heavy atom. The third kappa shape index (κ3) is 2.58. The van der Waals surface area contributed by atoms with Crippen LogP contribution in [0.2, 0.25) is 0 Å². The van der Waals surface area contributed by atoms with E-state index in [4.69, 9.17) is 10.8 Å². The maximum absolute atomic E-state index is 12.3. The number of aromatic nitrogens is 1. The van der Waals surface area contributed by atoms with Crippen LogP contribution in [0.3, 0.4) is 0 Å². The van der Waals surface area contributed by atoms with E-state index in [0.29, 0.717) is 22.2 Å². The number of anilines is 1. The highest BCUT2D eigenvalue weighted by Crippen LogP contribution is 2.24. The van der Waals surface area contributed by atoms with Crippen molar-refractivity contribution in [3.05, 3.63) is 10.6 Å². The van der Waals surface area contributed by atoms with E-state index in [1.807, 2.05) is 0 Å². The quantitative estimate of drug-likeness (QED) is 0.822. The number of thiazole rings is 1. The van der Waals surface area contributed by atoms with Crippen molar-refractivity contribution >= 4 is 22.4 Å². The number of carbonyl (C=O) groups excluding carboxylic acids is 1. The summed E-state index contributed by atoms with van der Waals surface area (Å²) in [4.78, 5) is 18.7. The van der Waals surface area contributed by atoms with Crippen LogP contribution >= 0.6 is 11.3 Å². The smallest absolute Gasteiger partial charge is 0.265 e. The Bertz CT molecular complexity index is 419. The molecule has 0 saturated carbocycles. The van der Waals surface area contributed by atoms with E-state index >= 15 is 0 Å². The van der Waals surface area contributed by atoms with Crippen molar-refractivity contribution in [3.8, 4) is 0 Å². The first-order chi connectivity index (χ1) is 8.11. The van der Waals surface area contributed by atoms with Crippen molar-refractivity contribution in [2.75, 3.05) is 25.4 Å². The van der Waals surface area contributed by atoms with Gasteiger partial charge in [0.1, 0.15) is 4.88 Å². The summed E-state index contributed by atoms with van der Waals surface area (Å²) in [5, 5.41) is 9.58. The second-order valence-electron chi connectivity index (χ2n) is 4.41. The molecule has 6 heteroatoms. The van der Waals surface area contributed by atoms with Crippen molar-refractivity contribution in [1.82, 2.24) is 9.88 Å². The number of nitrogens with zero attached hydrogens (tertiary/aromatic N) is 2. The molecule has 1 aromatic rings. The molecular formula is C11H17N3O2S. The van der Waals surface area contributed by atoms with Crippen molar-refractivity contribution < 1.29 is 9.90 Å². The van der Waals surface area contributed by atoms with Gasteiger partial charge in [-0.05, 0) is 25.7 Å². The van der Waals surface area contributed by atoms with Crippen LogP contribution < -0.4 is 5.73 Å². The van der Waals surface area contributed by atoms with Crippen LogP contribution in [0.25, 0.3) is 0 Å². The van der Waals surface area contributed by atoms with Gasteiger partial charge in [0.2, 0.25) is 0 Å². The normalized spacial score (nSPS) is 20.6. The van der Waals surface area contributed by atoms with Gasteiger partial charge in [0.15, 0.2) is 5.13 Å². The number of carbonyl (C=O) groups is 1. The molecule has 2 rings (SSSR count). The second kappa shape index (κ2) is 5.01. The van der Waals surface area contributed by atoms with Crippen LogP contribution in [-0.4, -0.2) is 40.6 Å². The summed E-state index contributed by atoms with van der Waals surface area (Å²) < 4.78 is 0. The zero-order valence-electron chi connectivity index (χ0n) is 9.85. The van der Waals surface area contributed by atoms with Gasteiger partial charge in [-0.1, -0.05) is 11.3 Å². The first kappa shape index (κ1) is 12.3. The Balaban J connectivity index is 2.12. The first-order valence-corrected chi connectivity index (χ1v) is 6.56. The lowest BCUT2D eigenvalue weighted by atomic mass is 9.99. The number of amides is 1. The van der Waals surface area contributed by atoms with E-state index in [0.717, 1.165) is 19.4 Å². The molecule has 1 aliphatic rings. The molecule has 1 amide bonds. The van der Waals surface area contributed by atoms with E-state index in [1.165, 1.54) is 11.3 Å². The molecule has 0 spiro atoms. The summed E-state index contributed by atoms with van der Waals surface area (Å²) in [7, 11) is 0. The molecule has 2 heterocycles. The van der Waals surface area contributed by atoms with Crippen LogP contribution in [0.4, 0.5) is 5.13 Å². The van der Waals surface area contributed by atoms with E-state index in [9.17, 15) is 4.79 Å². The molecule has 1 fully saturated rings. The van der Waals surface area contributed by atoms with E-state index in [2.05, 4.69) is 4.98 Å². The number of piperidine rings is 1. The summed E-state index contributed by atoms with van der Waals surface area (Å²) in [5.41, 5.74) is 6.29. The molecule has 1 atom stereocenters. The highest BCUT2D eigenvalue weighted by atomic mass is 32.1. The van der Waals surface area contributed by atoms with Gasteiger partial charge < -0.3 is 15.7 Å². The molecular weight excluding hydrogens is 238 g/mol. The summed E-state index contributed by atoms with van der Waals surface area (Å²) >= 11 is 1.24. The Morgan fingerprint density at radius 1 is 1.71 bits per heavy atom. The van der Waals surface area contributed by atoms with E-state index in [1.54, 1.807) is 11.8 Å². The molecule has 0 bridgehead atoms. The number of likely N-dealkylation sites (tertiary alicyclic amines) is 1. The van der Waals surface area contributed by atoms with Crippen molar-refractivity contribution in [3.63, 3.8) is 0 Å². The van der Waals surface area contributed by atoms with Crippen molar-refractivity contribution in [2.24, 2.45) is 5.92 Å². The average Bonchev–Trinajstić information content (AvgIpc) is 2.67. The molecule has 1 saturated heterocycles. The zero-order chi connectivity index (χ0) is 12.4. The number of aliphatic hydroxyl groups excluding tert-OH is 1. The molecule has 94 valence electrons. The average molecular weight is 255 g/mol. The SMILES string of the molecule is Cc1nc(N)sc1C(=O)N1CCCC(CO)C1.